The van der Waals surface area contributed by atoms with E-state index in [1.165, 1.54) is 12.1 Å². The first-order chi connectivity index (χ1) is 15.3. The number of amides is 1. The molecule has 0 radical (unpaired) electrons. The van der Waals surface area contributed by atoms with Gasteiger partial charge in [0.2, 0.25) is 0 Å². The Balaban J connectivity index is 1.27. The summed E-state index contributed by atoms with van der Waals surface area (Å²) in [6, 6.07) is 10.9. The highest BCUT2D eigenvalue weighted by atomic mass is 35.5. The molecule has 0 spiro atoms. The monoisotopic (exact) mass is 477 g/mol. The fraction of sp³-hybridized carbons (Fsp3) is 0.227. The zero-order valence-electron chi connectivity index (χ0n) is 16.9. The first-order valence-electron chi connectivity index (χ1n) is 9.62. The van der Waals surface area contributed by atoms with Crippen molar-refractivity contribution in [2.75, 3.05) is 6.61 Å². The van der Waals surface area contributed by atoms with Gasteiger partial charge in [-0.3, -0.25) is 4.79 Å². The van der Waals surface area contributed by atoms with Crippen LogP contribution in [0.15, 0.2) is 53.1 Å². The molecule has 1 unspecified atom stereocenters. The van der Waals surface area contributed by atoms with E-state index in [4.69, 9.17) is 37.2 Å². The van der Waals surface area contributed by atoms with Crippen molar-refractivity contribution in [3.8, 4) is 11.5 Å². The van der Waals surface area contributed by atoms with Gasteiger partial charge in [-0.2, -0.15) is 4.98 Å². The molecule has 0 saturated carbocycles. The quantitative estimate of drug-likeness (QED) is 0.499. The average Bonchev–Trinajstić information content (AvgIpc) is 3.21. The van der Waals surface area contributed by atoms with Gasteiger partial charge in [-0.05, 0) is 43.3 Å². The maximum atomic E-state index is 13.4. The number of hydrogen-bond acceptors (Lipinski definition) is 6. The summed E-state index contributed by atoms with van der Waals surface area (Å²) >= 11 is 11.5. The molecule has 1 heterocycles. The molecule has 32 heavy (non-hydrogen) atoms. The Morgan fingerprint density at radius 2 is 1.91 bits per heavy atom. The van der Waals surface area contributed by atoms with E-state index in [0.717, 1.165) is 11.6 Å². The molecular formula is C22H18Cl2FN3O4. The maximum Gasteiger partial charge on any atom is 0.264 e. The fourth-order valence-electron chi connectivity index (χ4n) is 3.16. The van der Waals surface area contributed by atoms with Crippen LogP contribution in [0.1, 0.15) is 25.1 Å². The molecule has 1 aromatic heterocycles. The predicted octanol–water partition coefficient (Wildman–Crippen LogP) is 4.84. The summed E-state index contributed by atoms with van der Waals surface area (Å²) in [4.78, 5) is 16.5. The lowest BCUT2D eigenvalue weighted by Gasteiger charge is -2.36. The summed E-state index contributed by atoms with van der Waals surface area (Å²) < 4.78 is 29.6. The Labute approximate surface area is 193 Å². The van der Waals surface area contributed by atoms with Gasteiger partial charge in [0, 0.05) is 23.1 Å². The summed E-state index contributed by atoms with van der Waals surface area (Å²) in [7, 11) is 0. The first-order valence-corrected chi connectivity index (χ1v) is 10.4. The molecule has 0 aliphatic heterocycles. The van der Waals surface area contributed by atoms with Crippen LogP contribution in [0.4, 0.5) is 4.39 Å². The van der Waals surface area contributed by atoms with E-state index in [0.29, 0.717) is 28.9 Å². The minimum atomic E-state index is -0.610. The molecule has 0 fully saturated rings. The van der Waals surface area contributed by atoms with Crippen LogP contribution in [0, 0.1) is 5.82 Å². The van der Waals surface area contributed by atoms with Crippen molar-refractivity contribution in [2.24, 2.45) is 0 Å². The number of rotatable bonds is 8. The molecule has 1 N–H and O–H groups in total. The molecule has 0 bridgehead atoms. The zero-order chi connectivity index (χ0) is 22.7. The van der Waals surface area contributed by atoms with Gasteiger partial charge in [-0.25, -0.2) is 4.39 Å². The van der Waals surface area contributed by atoms with Gasteiger partial charge < -0.3 is 19.3 Å². The number of halogens is 3. The van der Waals surface area contributed by atoms with Gasteiger partial charge in [0.15, 0.2) is 19.0 Å². The van der Waals surface area contributed by atoms with Crippen molar-refractivity contribution in [2.45, 2.75) is 25.5 Å². The van der Waals surface area contributed by atoms with Crippen molar-refractivity contribution >= 4 is 34.7 Å². The predicted molar refractivity (Wildman–Crippen MR) is 116 cm³/mol. The molecule has 4 rings (SSSR count). The van der Waals surface area contributed by atoms with Crippen molar-refractivity contribution in [1.82, 2.24) is 15.5 Å². The van der Waals surface area contributed by atoms with Crippen LogP contribution >= 0.6 is 23.2 Å². The third-order valence-corrected chi connectivity index (χ3v) is 5.23. The summed E-state index contributed by atoms with van der Waals surface area (Å²) in [5, 5.41) is 7.44. The maximum absolute atomic E-state index is 13.4. The summed E-state index contributed by atoms with van der Waals surface area (Å²) in [6.07, 6.45) is 2.37. The van der Waals surface area contributed by atoms with Crippen LogP contribution in [-0.4, -0.2) is 28.2 Å². The summed E-state index contributed by atoms with van der Waals surface area (Å²) in [6.45, 7) is 1.73. The molecular weight excluding hydrogens is 460 g/mol. The first kappa shape index (κ1) is 22.1. The van der Waals surface area contributed by atoms with E-state index in [1.54, 1.807) is 24.3 Å². The number of benzene rings is 2. The van der Waals surface area contributed by atoms with Crippen LogP contribution < -0.4 is 14.8 Å². The largest absolute Gasteiger partial charge is 0.484 e. The van der Waals surface area contributed by atoms with Crippen molar-refractivity contribution in [3.05, 3.63) is 76.1 Å². The summed E-state index contributed by atoms with van der Waals surface area (Å²) in [5.74, 6) is 0.675. The molecule has 10 heteroatoms. The Hall–Kier alpha value is -3.10. The number of nitrogens with zero attached hydrogens (tertiary/aromatic N) is 2. The lowest BCUT2D eigenvalue weighted by atomic mass is 9.80. The molecule has 1 atom stereocenters. The number of carbonyl (C=O) groups excluding carboxylic acids is 1. The zero-order valence-corrected chi connectivity index (χ0v) is 18.4. The average molecular weight is 478 g/mol. The molecule has 1 amide bonds. The molecule has 2 aromatic carbocycles. The third-order valence-electron chi connectivity index (χ3n) is 4.67. The van der Waals surface area contributed by atoms with E-state index in [9.17, 15) is 9.18 Å². The number of hydrogen-bond donors (Lipinski definition) is 1. The van der Waals surface area contributed by atoms with E-state index in [2.05, 4.69) is 15.5 Å². The second-order valence-electron chi connectivity index (χ2n) is 7.43. The van der Waals surface area contributed by atoms with Crippen LogP contribution in [0.25, 0.3) is 5.57 Å². The van der Waals surface area contributed by atoms with Gasteiger partial charge in [0.05, 0.1) is 10.6 Å². The van der Waals surface area contributed by atoms with Crippen LogP contribution in [0.2, 0.25) is 10.0 Å². The normalized spacial score (nSPS) is 17.3. The standard InChI is InChI=1S/C22H18Cl2FN3O4/c1-22(27-19(29)11-30-16-6-7-17(24)18(25)8-16)9-13(10-22)21-26-20(32-28-21)12-31-15-4-2-14(23)3-5-15/h2-9H,10-12H2,1H3,(H,27,29). The Morgan fingerprint density at radius 3 is 2.62 bits per heavy atom. The SMILES string of the molecule is CC1(NC(=O)COc2ccc(Cl)c(F)c2)C=C(c2noc(COc3ccc(Cl)cc3)n2)C1. The smallest absolute Gasteiger partial charge is 0.264 e. The molecule has 3 aromatic rings. The van der Waals surface area contributed by atoms with Crippen LogP contribution in [0.3, 0.4) is 0 Å². The van der Waals surface area contributed by atoms with Crippen LogP contribution in [-0.2, 0) is 11.4 Å². The van der Waals surface area contributed by atoms with Crippen LogP contribution in [0.5, 0.6) is 11.5 Å². The third kappa shape index (κ3) is 5.38. The van der Waals surface area contributed by atoms with E-state index in [1.807, 2.05) is 13.0 Å². The molecule has 1 aliphatic carbocycles. The second kappa shape index (κ2) is 9.18. The Bertz CT molecular complexity index is 1170. The molecule has 166 valence electrons. The Kier molecular flexibility index (Phi) is 6.34. The number of aromatic nitrogens is 2. The topological polar surface area (TPSA) is 86.5 Å². The number of ether oxygens (including phenoxy) is 2. The van der Waals surface area contributed by atoms with Gasteiger partial charge in [-0.1, -0.05) is 34.4 Å². The summed E-state index contributed by atoms with van der Waals surface area (Å²) in [5.41, 5.74) is 0.275. The highest BCUT2D eigenvalue weighted by Gasteiger charge is 2.36. The van der Waals surface area contributed by atoms with Crippen molar-refractivity contribution in [1.29, 1.82) is 0 Å². The van der Waals surface area contributed by atoms with E-state index < -0.39 is 11.4 Å². The lowest BCUT2D eigenvalue weighted by Crippen LogP contribution is -2.50. The molecule has 1 aliphatic rings. The Morgan fingerprint density at radius 1 is 1.19 bits per heavy atom. The fourth-order valence-corrected chi connectivity index (χ4v) is 3.41. The number of nitrogens with one attached hydrogen (secondary N) is 1. The van der Waals surface area contributed by atoms with Crippen molar-refractivity contribution in [3.63, 3.8) is 0 Å². The minimum Gasteiger partial charge on any atom is -0.484 e. The van der Waals surface area contributed by atoms with E-state index >= 15 is 0 Å². The minimum absolute atomic E-state index is 0.0115. The van der Waals surface area contributed by atoms with E-state index in [-0.39, 0.29) is 29.9 Å². The molecule has 7 nitrogen and oxygen atoms in total. The van der Waals surface area contributed by atoms with Gasteiger partial charge in [0.1, 0.15) is 17.3 Å². The van der Waals surface area contributed by atoms with Gasteiger partial charge in [0.25, 0.3) is 11.8 Å². The van der Waals surface area contributed by atoms with Gasteiger partial charge in [-0.15, -0.1) is 0 Å². The van der Waals surface area contributed by atoms with Gasteiger partial charge >= 0.3 is 0 Å². The number of carbonyl (C=O) groups is 1. The van der Waals surface area contributed by atoms with Crippen molar-refractivity contribution < 1.29 is 23.2 Å². The highest BCUT2D eigenvalue weighted by Crippen LogP contribution is 2.36. The lowest BCUT2D eigenvalue weighted by molar-refractivity contribution is -0.124. The molecule has 0 saturated heterocycles. The highest BCUT2D eigenvalue weighted by molar-refractivity contribution is 6.30. The second-order valence-corrected chi connectivity index (χ2v) is 8.27.